The Morgan fingerprint density at radius 1 is 1.19 bits per heavy atom. The number of ether oxygens (including phenoxy) is 1. The van der Waals surface area contributed by atoms with Crippen LogP contribution in [0, 0.1) is 6.92 Å². The third-order valence-corrected chi connectivity index (χ3v) is 3.99. The number of hydrogen-bond donors (Lipinski definition) is 2. The molecule has 6 heteroatoms. The van der Waals surface area contributed by atoms with Crippen LogP contribution in [0.5, 0.6) is 5.75 Å². The number of halogens is 1. The number of benzene rings is 1. The average molecular weight is 375 g/mol. The Kier molecular flexibility index (Phi) is 8.22. The molecule has 26 heavy (non-hydrogen) atoms. The monoisotopic (exact) mass is 374 g/mol. The van der Waals surface area contributed by atoms with E-state index < -0.39 is 0 Å². The van der Waals surface area contributed by atoms with Crippen LogP contribution < -0.4 is 15.4 Å². The molecule has 2 N–H and O–H groups in total. The Labute approximate surface area is 160 Å². The highest BCUT2D eigenvalue weighted by Crippen LogP contribution is 2.21. The van der Waals surface area contributed by atoms with E-state index in [0.717, 1.165) is 42.3 Å². The first-order valence-electron chi connectivity index (χ1n) is 8.97. The molecular formula is C20H27ClN4O. The molecule has 0 spiro atoms. The molecule has 0 saturated heterocycles. The molecule has 2 rings (SSSR count). The minimum Gasteiger partial charge on any atom is -0.494 e. The summed E-state index contributed by atoms with van der Waals surface area (Å²) in [5.74, 6) is 1.69. The molecule has 0 aliphatic carbocycles. The summed E-state index contributed by atoms with van der Waals surface area (Å²) in [5.41, 5.74) is 3.40. The zero-order valence-corrected chi connectivity index (χ0v) is 16.4. The van der Waals surface area contributed by atoms with Gasteiger partial charge < -0.3 is 15.4 Å². The molecule has 5 nitrogen and oxygen atoms in total. The summed E-state index contributed by atoms with van der Waals surface area (Å²) < 4.78 is 5.73. The van der Waals surface area contributed by atoms with E-state index in [1.807, 2.05) is 19.1 Å². The Morgan fingerprint density at radius 3 is 2.73 bits per heavy atom. The smallest absolute Gasteiger partial charge is 0.191 e. The summed E-state index contributed by atoms with van der Waals surface area (Å²) in [4.78, 5) is 8.78. The maximum Gasteiger partial charge on any atom is 0.191 e. The first-order valence-corrected chi connectivity index (χ1v) is 9.35. The van der Waals surface area contributed by atoms with Crippen LogP contribution in [0.25, 0.3) is 0 Å². The van der Waals surface area contributed by atoms with Crippen LogP contribution in [0.2, 0.25) is 5.15 Å². The molecule has 140 valence electrons. The lowest BCUT2D eigenvalue weighted by Crippen LogP contribution is -2.38. The van der Waals surface area contributed by atoms with E-state index in [2.05, 4.69) is 52.7 Å². The largest absolute Gasteiger partial charge is 0.494 e. The lowest BCUT2D eigenvalue weighted by atomic mass is 10.1. The van der Waals surface area contributed by atoms with Gasteiger partial charge in [0.15, 0.2) is 5.96 Å². The predicted octanol–water partition coefficient (Wildman–Crippen LogP) is 3.74. The van der Waals surface area contributed by atoms with Gasteiger partial charge in [-0.1, -0.05) is 29.8 Å². The van der Waals surface area contributed by atoms with Crippen molar-refractivity contribution >= 4 is 17.6 Å². The maximum absolute atomic E-state index is 5.82. The van der Waals surface area contributed by atoms with Gasteiger partial charge in [-0.15, -0.1) is 0 Å². The topological polar surface area (TPSA) is 58.5 Å². The van der Waals surface area contributed by atoms with Crippen molar-refractivity contribution < 1.29 is 4.74 Å². The quantitative estimate of drug-likeness (QED) is 0.420. The number of nitrogens with zero attached hydrogens (tertiary/aromatic N) is 2. The van der Waals surface area contributed by atoms with Gasteiger partial charge in [0, 0.05) is 24.8 Å². The molecule has 1 aromatic carbocycles. The Bertz CT molecular complexity index is 716. The standard InChI is InChI=1S/C20H27ClN4O/c1-4-22-20(23-11-10-16-7-9-19(21)24-13-16)25-14-17-8-6-15(3)12-18(17)26-5-2/h6-9,12-13H,4-5,10-11,14H2,1-3H3,(H2,22,23,25). The SMILES string of the molecule is CCNC(=NCc1ccc(C)cc1OCC)NCCc1ccc(Cl)nc1. The third-order valence-electron chi connectivity index (χ3n) is 3.77. The highest BCUT2D eigenvalue weighted by molar-refractivity contribution is 6.29. The average Bonchev–Trinajstić information content (AvgIpc) is 2.63. The van der Waals surface area contributed by atoms with Crippen molar-refractivity contribution in [3.05, 3.63) is 58.4 Å². The summed E-state index contributed by atoms with van der Waals surface area (Å²) in [7, 11) is 0. The molecule has 0 atom stereocenters. The van der Waals surface area contributed by atoms with Crippen LogP contribution in [0.1, 0.15) is 30.5 Å². The molecule has 1 heterocycles. The molecule has 0 amide bonds. The normalized spacial score (nSPS) is 11.3. The maximum atomic E-state index is 5.82. The third kappa shape index (κ3) is 6.56. The van der Waals surface area contributed by atoms with Gasteiger partial charge in [0.2, 0.25) is 0 Å². The van der Waals surface area contributed by atoms with Crippen molar-refractivity contribution in [2.75, 3.05) is 19.7 Å². The second kappa shape index (κ2) is 10.7. The van der Waals surface area contributed by atoms with E-state index in [1.54, 1.807) is 6.20 Å². The molecule has 2 aromatic rings. The van der Waals surface area contributed by atoms with E-state index in [-0.39, 0.29) is 0 Å². The van der Waals surface area contributed by atoms with Crippen molar-refractivity contribution in [3.8, 4) is 5.75 Å². The fourth-order valence-corrected chi connectivity index (χ4v) is 2.58. The molecule has 0 radical (unpaired) electrons. The minimum atomic E-state index is 0.514. The number of pyridine rings is 1. The van der Waals surface area contributed by atoms with Crippen LogP contribution in [-0.2, 0) is 13.0 Å². The first-order chi connectivity index (χ1) is 12.6. The van der Waals surface area contributed by atoms with E-state index in [0.29, 0.717) is 18.3 Å². The van der Waals surface area contributed by atoms with Gasteiger partial charge in [0.25, 0.3) is 0 Å². The second-order valence-electron chi connectivity index (χ2n) is 5.91. The Morgan fingerprint density at radius 2 is 2.04 bits per heavy atom. The van der Waals surface area contributed by atoms with Gasteiger partial charge in [-0.2, -0.15) is 0 Å². The first kappa shape index (κ1) is 20.0. The van der Waals surface area contributed by atoms with E-state index in [1.165, 1.54) is 5.56 Å². The molecule has 0 unspecified atom stereocenters. The number of nitrogens with one attached hydrogen (secondary N) is 2. The van der Waals surface area contributed by atoms with Gasteiger partial charge >= 0.3 is 0 Å². The van der Waals surface area contributed by atoms with Crippen LogP contribution in [-0.4, -0.2) is 30.6 Å². The van der Waals surface area contributed by atoms with Crippen molar-refractivity contribution in [2.45, 2.75) is 33.7 Å². The predicted molar refractivity (Wildman–Crippen MR) is 108 cm³/mol. The number of aromatic nitrogens is 1. The summed E-state index contributed by atoms with van der Waals surface area (Å²) in [5, 5.41) is 7.14. The van der Waals surface area contributed by atoms with Gasteiger partial charge in [-0.05, 0) is 50.5 Å². The molecule has 0 aliphatic rings. The van der Waals surface area contributed by atoms with Crippen molar-refractivity contribution in [1.82, 2.24) is 15.6 Å². The lowest BCUT2D eigenvalue weighted by Gasteiger charge is -2.13. The number of hydrogen-bond acceptors (Lipinski definition) is 3. The Balaban J connectivity index is 1.96. The number of aliphatic imine (C=N–C) groups is 1. The van der Waals surface area contributed by atoms with Crippen molar-refractivity contribution in [3.63, 3.8) is 0 Å². The Hall–Kier alpha value is -2.27. The van der Waals surface area contributed by atoms with E-state index in [9.17, 15) is 0 Å². The van der Waals surface area contributed by atoms with E-state index in [4.69, 9.17) is 16.3 Å². The molecule has 0 bridgehead atoms. The zero-order chi connectivity index (χ0) is 18.8. The van der Waals surface area contributed by atoms with Crippen LogP contribution in [0.15, 0.2) is 41.5 Å². The molecule has 1 aromatic heterocycles. The number of rotatable bonds is 8. The minimum absolute atomic E-state index is 0.514. The molecule has 0 saturated carbocycles. The summed E-state index contributed by atoms with van der Waals surface area (Å²) in [6.45, 7) is 8.89. The zero-order valence-electron chi connectivity index (χ0n) is 15.7. The van der Waals surface area contributed by atoms with Gasteiger partial charge in [-0.3, -0.25) is 0 Å². The summed E-state index contributed by atoms with van der Waals surface area (Å²) >= 11 is 5.82. The fourth-order valence-electron chi connectivity index (χ4n) is 2.47. The number of guanidine groups is 1. The fraction of sp³-hybridized carbons (Fsp3) is 0.400. The molecular weight excluding hydrogens is 348 g/mol. The lowest BCUT2D eigenvalue weighted by molar-refractivity contribution is 0.336. The van der Waals surface area contributed by atoms with Crippen LogP contribution in [0.4, 0.5) is 0 Å². The second-order valence-corrected chi connectivity index (χ2v) is 6.29. The van der Waals surface area contributed by atoms with Crippen LogP contribution >= 0.6 is 11.6 Å². The van der Waals surface area contributed by atoms with Crippen molar-refractivity contribution in [2.24, 2.45) is 4.99 Å². The van der Waals surface area contributed by atoms with Crippen LogP contribution in [0.3, 0.4) is 0 Å². The van der Waals surface area contributed by atoms with Crippen molar-refractivity contribution in [1.29, 1.82) is 0 Å². The van der Waals surface area contributed by atoms with Gasteiger partial charge in [0.1, 0.15) is 10.9 Å². The van der Waals surface area contributed by atoms with Gasteiger partial charge in [-0.25, -0.2) is 9.98 Å². The number of aryl methyl sites for hydroxylation is 1. The summed E-state index contributed by atoms with van der Waals surface area (Å²) in [6.07, 6.45) is 2.65. The molecule has 0 aliphatic heterocycles. The highest BCUT2D eigenvalue weighted by Gasteiger charge is 2.05. The highest BCUT2D eigenvalue weighted by atomic mass is 35.5. The van der Waals surface area contributed by atoms with Gasteiger partial charge in [0.05, 0.1) is 13.2 Å². The summed E-state index contributed by atoms with van der Waals surface area (Å²) in [6, 6.07) is 10.0. The molecule has 0 fully saturated rings. The van der Waals surface area contributed by atoms with E-state index >= 15 is 0 Å².